The summed E-state index contributed by atoms with van der Waals surface area (Å²) in [6.07, 6.45) is 0. The molecule has 1 aliphatic heterocycles. The van der Waals surface area contributed by atoms with E-state index >= 15 is 0 Å². The Balaban J connectivity index is 2.17. The Morgan fingerprint density at radius 3 is 2.27 bits per heavy atom. The van der Waals surface area contributed by atoms with Crippen LogP contribution in [0, 0.1) is 6.92 Å². The predicted molar refractivity (Wildman–Crippen MR) is 67.5 cm³/mol. The molecule has 1 aliphatic rings. The van der Waals surface area contributed by atoms with Gasteiger partial charge in [-0.1, -0.05) is 0 Å². The fourth-order valence-electron chi connectivity index (χ4n) is 1.57. The van der Waals surface area contributed by atoms with Crippen LogP contribution in [-0.4, -0.2) is 21.7 Å². The van der Waals surface area contributed by atoms with E-state index < -0.39 is 0 Å². The molecular weight excluding hydrogens is 249 g/mol. The summed E-state index contributed by atoms with van der Waals surface area (Å²) in [4.78, 5) is 0. The molecule has 0 fully saturated rings. The molecule has 0 atom stereocenters. The van der Waals surface area contributed by atoms with Gasteiger partial charge < -0.3 is 0 Å². The first kappa shape index (κ1) is 10.8. The Labute approximate surface area is 98.5 Å². The van der Waals surface area contributed by atoms with E-state index in [-0.39, 0.29) is 0 Å². The molecule has 0 N–H and O–H groups in total. The van der Waals surface area contributed by atoms with Crippen molar-refractivity contribution in [3.8, 4) is 0 Å². The Kier molecular flexibility index (Phi) is 3.18. The van der Waals surface area contributed by atoms with Crippen molar-refractivity contribution in [1.82, 2.24) is 0 Å². The number of hydrogen-bond acceptors (Lipinski definition) is 1. The minimum absolute atomic E-state index is 0.596. The SMILES string of the molecule is CC1=C(C)CN(c2ccc(C)cc2)[Se]C1. The molecule has 0 aliphatic carbocycles. The van der Waals surface area contributed by atoms with E-state index in [1.54, 1.807) is 11.1 Å². The van der Waals surface area contributed by atoms with Crippen molar-refractivity contribution < 1.29 is 0 Å². The molecule has 0 saturated carbocycles. The maximum atomic E-state index is 2.52. The molecule has 0 spiro atoms. The Morgan fingerprint density at radius 2 is 1.67 bits per heavy atom. The molecule has 0 saturated heterocycles. The molecule has 0 aromatic heterocycles. The Bertz CT molecular complexity index is 378. The number of aryl methyl sites for hydroxylation is 1. The van der Waals surface area contributed by atoms with Crippen LogP contribution < -0.4 is 3.92 Å². The van der Waals surface area contributed by atoms with Gasteiger partial charge in [0.15, 0.2) is 0 Å². The summed E-state index contributed by atoms with van der Waals surface area (Å²) in [5, 5.41) is 1.27. The summed E-state index contributed by atoms with van der Waals surface area (Å²) < 4.78 is 2.52. The number of allylic oxidation sites excluding steroid dienone is 1. The fourth-order valence-corrected chi connectivity index (χ4v) is 3.99. The zero-order chi connectivity index (χ0) is 10.8. The van der Waals surface area contributed by atoms with Gasteiger partial charge in [0.1, 0.15) is 0 Å². The second-order valence-electron chi connectivity index (χ2n) is 4.21. The zero-order valence-electron chi connectivity index (χ0n) is 9.58. The van der Waals surface area contributed by atoms with Gasteiger partial charge in [-0.2, -0.15) is 0 Å². The van der Waals surface area contributed by atoms with Crippen molar-refractivity contribution in [2.24, 2.45) is 0 Å². The van der Waals surface area contributed by atoms with Crippen LogP contribution in [0.4, 0.5) is 5.69 Å². The van der Waals surface area contributed by atoms with Crippen LogP contribution in [0.2, 0.25) is 5.32 Å². The van der Waals surface area contributed by atoms with Crippen molar-refractivity contribution >= 4 is 20.9 Å². The molecule has 1 nitrogen and oxygen atoms in total. The van der Waals surface area contributed by atoms with Crippen molar-refractivity contribution in [1.29, 1.82) is 0 Å². The third-order valence-corrected chi connectivity index (χ3v) is 5.41. The van der Waals surface area contributed by atoms with Crippen molar-refractivity contribution in [3.63, 3.8) is 0 Å². The van der Waals surface area contributed by atoms with Crippen LogP contribution in [0.25, 0.3) is 0 Å². The number of hydrogen-bond donors (Lipinski definition) is 0. The first-order valence-electron chi connectivity index (χ1n) is 5.29. The first-order chi connectivity index (χ1) is 7.16. The summed E-state index contributed by atoms with van der Waals surface area (Å²) in [6.45, 7) is 7.78. The van der Waals surface area contributed by atoms with Gasteiger partial charge in [0.2, 0.25) is 0 Å². The van der Waals surface area contributed by atoms with Crippen LogP contribution in [0.1, 0.15) is 19.4 Å². The second-order valence-corrected chi connectivity index (χ2v) is 6.28. The van der Waals surface area contributed by atoms with Crippen molar-refractivity contribution in [3.05, 3.63) is 41.0 Å². The fraction of sp³-hybridized carbons (Fsp3) is 0.385. The zero-order valence-corrected chi connectivity index (χ0v) is 11.3. The van der Waals surface area contributed by atoms with E-state index in [1.807, 2.05) is 0 Å². The second kappa shape index (κ2) is 4.42. The third-order valence-electron chi connectivity index (χ3n) is 2.87. The Hall–Kier alpha value is -0.721. The third kappa shape index (κ3) is 2.45. The molecule has 0 amide bonds. The molecule has 1 aromatic rings. The molecule has 0 bridgehead atoms. The summed E-state index contributed by atoms with van der Waals surface area (Å²) in [5.74, 6) is 0. The molecule has 1 heterocycles. The summed E-state index contributed by atoms with van der Waals surface area (Å²) >= 11 is 0.596. The van der Waals surface area contributed by atoms with Gasteiger partial charge in [-0.3, -0.25) is 0 Å². The monoisotopic (exact) mass is 267 g/mol. The van der Waals surface area contributed by atoms with Crippen molar-refractivity contribution in [2.45, 2.75) is 26.1 Å². The molecule has 0 radical (unpaired) electrons. The molecular formula is C13H17NSe. The van der Waals surface area contributed by atoms with Gasteiger partial charge in [-0.25, -0.2) is 0 Å². The minimum atomic E-state index is 0.596. The molecule has 80 valence electrons. The van der Waals surface area contributed by atoms with Crippen LogP contribution in [-0.2, 0) is 0 Å². The Morgan fingerprint density at radius 1 is 1.00 bits per heavy atom. The topological polar surface area (TPSA) is 3.24 Å². The number of rotatable bonds is 1. The van der Waals surface area contributed by atoms with Crippen LogP contribution in [0.15, 0.2) is 35.4 Å². The van der Waals surface area contributed by atoms with Gasteiger partial charge in [-0.05, 0) is 0 Å². The number of benzene rings is 1. The quantitative estimate of drug-likeness (QED) is 0.557. The molecule has 15 heavy (non-hydrogen) atoms. The molecule has 2 heteroatoms. The van der Waals surface area contributed by atoms with Gasteiger partial charge >= 0.3 is 98.4 Å². The molecule has 2 rings (SSSR count). The van der Waals surface area contributed by atoms with E-state index in [2.05, 4.69) is 49.0 Å². The summed E-state index contributed by atoms with van der Waals surface area (Å²) in [5.41, 5.74) is 5.86. The normalized spacial score (nSPS) is 17.1. The molecule has 0 unspecified atom stereocenters. The average Bonchev–Trinajstić information content (AvgIpc) is 2.23. The maximum absolute atomic E-state index is 2.52. The van der Waals surface area contributed by atoms with E-state index in [4.69, 9.17) is 0 Å². The van der Waals surface area contributed by atoms with E-state index in [0.717, 1.165) is 6.54 Å². The van der Waals surface area contributed by atoms with Crippen LogP contribution in [0.3, 0.4) is 0 Å². The standard InChI is InChI=1S/C13H17NSe/c1-10-4-6-13(7-5-10)14-8-11(2)12(3)9-15-14/h4-7H,8-9H2,1-3H3. The number of nitrogens with zero attached hydrogens (tertiary/aromatic N) is 1. The van der Waals surface area contributed by atoms with Gasteiger partial charge in [0, 0.05) is 0 Å². The predicted octanol–water partition coefficient (Wildman–Crippen LogP) is 3.19. The van der Waals surface area contributed by atoms with Gasteiger partial charge in [0.25, 0.3) is 0 Å². The summed E-state index contributed by atoms with van der Waals surface area (Å²) in [7, 11) is 0. The molecule has 1 aromatic carbocycles. The van der Waals surface area contributed by atoms with Crippen LogP contribution >= 0.6 is 0 Å². The van der Waals surface area contributed by atoms with E-state index in [1.165, 1.54) is 16.6 Å². The van der Waals surface area contributed by atoms with E-state index in [0.29, 0.717) is 15.2 Å². The van der Waals surface area contributed by atoms with Crippen molar-refractivity contribution in [2.75, 3.05) is 10.5 Å². The first-order valence-corrected chi connectivity index (χ1v) is 7.27. The van der Waals surface area contributed by atoms with Gasteiger partial charge in [-0.15, -0.1) is 0 Å². The van der Waals surface area contributed by atoms with Gasteiger partial charge in [0.05, 0.1) is 0 Å². The van der Waals surface area contributed by atoms with E-state index in [9.17, 15) is 0 Å². The average molecular weight is 266 g/mol. The number of anilines is 1. The van der Waals surface area contributed by atoms with Crippen LogP contribution in [0.5, 0.6) is 0 Å². The summed E-state index contributed by atoms with van der Waals surface area (Å²) in [6, 6.07) is 8.88.